The first-order chi connectivity index (χ1) is 10.6. The first kappa shape index (κ1) is 15.2. The molecule has 0 saturated carbocycles. The predicted octanol–water partition coefficient (Wildman–Crippen LogP) is 3.10. The second kappa shape index (κ2) is 6.19. The Kier molecular flexibility index (Phi) is 4.27. The molecule has 4 nitrogen and oxygen atoms in total. The fraction of sp³-hybridized carbons (Fsp3) is 0.611. The van der Waals surface area contributed by atoms with E-state index in [2.05, 4.69) is 18.7 Å². The van der Waals surface area contributed by atoms with Gasteiger partial charge in [0.1, 0.15) is 13.2 Å². The number of ether oxygens (including phenoxy) is 2. The van der Waals surface area contributed by atoms with Gasteiger partial charge in [0.15, 0.2) is 11.5 Å². The summed E-state index contributed by atoms with van der Waals surface area (Å²) in [6, 6.07) is 4.64. The summed E-state index contributed by atoms with van der Waals surface area (Å²) in [5, 5.41) is 0. The fourth-order valence-electron chi connectivity index (χ4n) is 3.59. The van der Waals surface area contributed by atoms with Gasteiger partial charge in [-0.05, 0) is 63.3 Å². The van der Waals surface area contributed by atoms with Gasteiger partial charge in [-0.15, -0.1) is 0 Å². The highest BCUT2D eigenvalue weighted by molar-refractivity contribution is 5.80. The Balaban J connectivity index is 1.79. The molecule has 2 aliphatic rings. The number of amides is 1. The number of fused-ring (bicyclic) bond motifs is 1. The van der Waals surface area contributed by atoms with Gasteiger partial charge in [0.2, 0.25) is 5.91 Å². The van der Waals surface area contributed by atoms with Crippen molar-refractivity contribution in [3.63, 3.8) is 0 Å². The molecule has 2 unspecified atom stereocenters. The zero-order valence-corrected chi connectivity index (χ0v) is 13.7. The molecule has 0 aromatic heterocycles. The van der Waals surface area contributed by atoms with Crippen LogP contribution in [0.4, 0.5) is 0 Å². The highest BCUT2D eigenvalue weighted by atomic mass is 16.6. The Bertz CT molecular complexity index is 560. The molecule has 2 atom stereocenters. The number of nitrogens with zero attached hydrogens (tertiary/aromatic N) is 1. The highest BCUT2D eigenvalue weighted by Crippen LogP contribution is 2.33. The lowest BCUT2D eigenvalue weighted by atomic mass is 9.95. The molecule has 1 aromatic carbocycles. The van der Waals surface area contributed by atoms with Gasteiger partial charge < -0.3 is 14.4 Å². The molecular formula is C18H25NO3. The van der Waals surface area contributed by atoms with Crippen LogP contribution >= 0.6 is 0 Å². The summed E-state index contributed by atoms with van der Waals surface area (Å²) in [6.07, 6.45) is 3.87. The van der Waals surface area contributed by atoms with Crippen LogP contribution < -0.4 is 9.47 Å². The number of hydrogen-bond donors (Lipinski definition) is 0. The van der Waals surface area contributed by atoms with Crippen molar-refractivity contribution in [2.24, 2.45) is 0 Å². The SMILES string of the molecule is Cc1cc2c(cc1CC(=O)N1C(C)CCCC1C)OCCO2. The lowest BCUT2D eigenvalue weighted by Gasteiger charge is -2.39. The summed E-state index contributed by atoms with van der Waals surface area (Å²) in [7, 11) is 0. The van der Waals surface area contributed by atoms with Crippen LogP contribution in [-0.2, 0) is 11.2 Å². The number of hydrogen-bond acceptors (Lipinski definition) is 3. The molecule has 3 rings (SSSR count). The molecular weight excluding hydrogens is 278 g/mol. The summed E-state index contributed by atoms with van der Waals surface area (Å²) in [5.74, 6) is 1.78. The van der Waals surface area contributed by atoms with Crippen molar-refractivity contribution in [2.45, 2.75) is 58.5 Å². The second-order valence-electron chi connectivity index (χ2n) is 6.53. The van der Waals surface area contributed by atoms with Gasteiger partial charge in [0, 0.05) is 12.1 Å². The summed E-state index contributed by atoms with van der Waals surface area (Å²) in [6.45, 7) is 7.51. The smallest absolute Gasteiger partial charge is 0.227 e. The number of carbonyl (C=O) groups excluding carboxylic acids is 1. The van der Waals surface area contributed by atoms with Crippen molar-refractivity contribution in [1.29, 1.82) is 0 Å². The summed E-state index contributed by atoms with van der Waals surface area (Å²) >= 11 is 0. The first-order valence-corrected chi connectivity index (χ1v) is 8.26. The zero-order valence-electron chi connectivity index (χ0n) is 13.7. The molecule has 0 bridgehead atoms. The van der Waals surface area contributed by atoms with Crippen molar-refractivity contribution in [2.75, 3.05) is 13.2 Å². The van der Waals surface area contributed by atoms with E-state index in [-0.39, 0.29) is 5.91 Å². The van der Waals surface area contributed by atoms with Crippen molar-refractivity contribution in [3.8, 4) is 11.5 Å². The maximum atomic E-state index is 12.8. The van der Waals surface area contributed by atoms with Crippen molar-refractivity contribution in [3.05, 3.63) is 23.3 Å². The van der Waals surface area contributed by atoms with E-state index in [1.807, 2.05) is 19.1 Å². The van der Waals surface area contributed by atoms with E-state index < -0.39 is 0 Å². The molecule has 0 N–H and O–H groups in total. The highest BCUT2D eigenvalue weighted by Gasteiger charge is 2.29. The third-order valence-electron chi connectivity index (χ3n) is 4.82. The number of carbonyl (C=O) groups is 1. The molecule has 22 heavy (non-hydrogen) atoms. The van der Waals surface area contributed by atoms with E-state index in [4.69, 9.17) is 9.47 Å². The van der Waals surface area contributed by atoms with Gasteiger partial charge >= 0.3 is 0 Å². The van der Waals surface area contributed by atoms with Crippen LogP contribution in [0.2, 0.25) is 0 Å². The van der Waals surface area contributed by atoms with Crippen molar-refractivity contribution < 1.29 is 14.3 Å². The molecule has 2 aliphatic heterocycles. The second-order valence-corrected chi connectivity index (χ2v) is 6.53. The van der Waals surface area contributed by atoms with Crippen LogP contribution in [-0.4, -0.2) is 36.1 Å². The van der Waals surface area contributed by atoms with Crippen molar-refractivity contribution >= 4 is 5.91 Å². The van der Waals surface area contributed by atoms with Crippen LogP contribution in [0.5, 0.6) is 11.5 Å². The van der Waals surface area contributed by atoms with E-state index in [1.165, 1.54) is 6.42 Å². The Morgan fingerprint density at radius 1 is 1.14 bits per heavy atom. The third-order valence-corrected chi connectivity index (χ3v) is 4.82. The minimum Gasteiger partial charge on any atom is -0.486 e. The number of piperidine rings is 1. The van der Waals surface area contributed by atoms with E-state index in [9.17, 15) is 4.79 Å². The molecule has 1 fully saturated rings. The van der Waals surface area contributed by atoms with Gasteiger partial charge in [0.25, 0.3) is 0 Å². The molecule has 4 heteroatoms. The Hall–Kier alpha value is -1.71. The molecule has 1 aromatic rings. The third kappa shape index (κ3) is 2.92. The van der Waals surface area contributed by atoms with Crippen molar-refractivity contribution in [1.82, 2.24) is 4.90 Å². The van der Waals surface area contributed by atoms with E-state index in [0.29, 0.717) is 31.7 Å². The maximum absolute atomic E-state index is 12.8. The maximum Gasteiger partial charge on any atom is 0.227 e. The van der Waals surface area contributed by atoms with E-state index in [0.717, 1.165) is 35.5 Å². The molecule has 0 aliphatic carbocycles. The summed E-state index contributed by atoms with van der Waals surface area (Å²) in [5.41, 5.74) is 2.13. The molecule has 2 heterocycles. The molecule has 1 amide bonds. The average Bonchev–Trinajstić information content (AvgIpc) is 2.48. The lowest BCUT2D eigenvalue weighted by molar-refractivity contribution is -0.136. The quantitative estimate of drug-likeness (QED) is 0.842. The molecule has 0 spiro atoms. The zero-order chi connectivity index (χ0) is 15.7. The summed E-state index contributed by atoms with van der Waals surface area (Å²) < 4.78 is 11.2. The standard InChI is InChI=1S/C18H25NO3/c1-12-9-16-17(22-8-7-21-16)10-15(12)11-18(20)19-13(2)5-4-6-14(19)3/h9-10,13-14H,4-8,11H2,1-3H3. The normalized spacial score (nSPS) is 24.2. The van der Waals surface area contributed by atoms with Gasteiger partial charge in [-0.25, -0.2) is 0 Å². The Morgan fingerprint density at radius 2 is 1.73 bits per heavy atom. The van der Waals surface area contributed by atoms with Crippen LogP contribution in [0, 0.1) is 6.92 Å². The molecule has 0 radical (unpaired) electrons. The predicted molar refractivity (Wildman–Crippen MR) is 85.5 cm³/mol. The van der Waals surface area contributed by atoms with E-state index >= 15 is 0 Å². The fourth-order valence-corrected chi connectivity index (χ4v) is 3.59. The van der Waals surface area contributed by atoms with Gasteiger partial charge in [0.05, 0.1) is 6.42 Å². The van der Waals surface area contributed by atoms with Crippen LogP contribution in [0.3, 0.4) is 0 Å². The molecule has 120 valence electrons. The van der Waals surface area contributed by atoms with Crippen LogP contribution in [0.1, 0.15) is 44.2 Å². The van der Waals surface area contributed by atoms with Crippen LogP contribution in [0.15, 0.2) is 12.1 Å². The van der Waals surface area contributed by atoms with Gasteiger partial charge in [-0.3, -0.25) is 4.79 Å². The average molecular weight is 303 g/mol. The Morgan fingerprint density at radius 3 is 2.36 bits per heavy atom. The van der Waals surface area contributed by atoms with Crippen LogP contribution in [0.25, 0.3) is 0 Å². The Labute approximate surface area is 132 Å². The minimum atomic E-state index is 0.222. The monoisotopic (exact) mass is 303 g/mol. The number of aryl methyl sites for hydroxylation is 1. The lowest BCUT2D eigenvalue weighted by Crippen LogP contribution is -2.48. The van der Waals surface area contributed by atoms with E-state index in [1.54, 1.807) is 0 Å². The topological polar surface area (TPSA) is 38.8 Å². The van der Waals surface area contributed by atoms with Gasteiger partial charge in [-0.1, -0.05) is 0 Å². The van der Waals surface area contributed by atoms with Gasteiger partial charge in [-0.2, -0.15) is 0 Å². The number of likely N-dealkylation sites (tertiary alicyclic amines) is 1. The summed E-state index contributed by atoms with van der Waals surface area (Å²) in [4.78, 5) is 14.8. The molecule has 1 saturated heterocycles. The number of benzene rings is 1. The largest absolute Gasteiger partial charge is 0.486 e. The first-order valence-electron chi connectivity index (χ1n) is 8.26. The minimum absolute atomic E-state index is 0.222. The number of rotatable bonds is 2.